The van der Waals surface area contributed by atoms with E-state index in [4.69, 9.17) is 9.84 Å². The number of carbonyl (C=O) groups is 3. The molecule has 3 N–H and O–H groups in total. The number of amides is 2. The van der Waals surface area contributed by atoms with Gasteiger partial charge in [-0.1, -0.05) is 42.5 Å². The van der Waals surface area contributed by atoms with Crippen LogP contribution in [0.25, 0.3) is 0 Å². The molecule has 0 radical (unpaired) electrons. The van der Waals surface area contributed by atoms with Crippen LogP contribution in [0.15, 0.2) is 42.5 Å². The summed E-state index contributed by atoms with van der Waals surface area (Å²) in [5, 5.41) is 14.6. The molecular formula is C24H34N2O5. The summed E-state index contributed by atoms with van der Waals surface area (Å²) in [5.74, 6) is -1.56. The van der Waals surface area contributed by atoms with Crippen molar-refractivity contribution in [1.29, 1.82) is 0 Å². The third kappa shape index (κ3) is 8.92. The molecule has 0 unspecified atom stereocenters. The van der Waals surface area contributed by atoms with Crippen LogP contribution in [0.2, 0.25) is 0 Å². The maximum atomic E-state index is 12.7. The van der Waals surface area contributed by atoms with Crippen LogP contribution < -0.4 is 10.6 Å². The number of benzene rings is 1. The van der Waals surface area contributed by atoms with Gasteiger partial charge in [0.25, 0.3) is 0 Å². The van der Waals surface area contributed by atoms with E-state index < -0.39 is 5.92 Å². The molecule has 1 aromatic carbocycles. The fraction of sp³-hybridized carbons (Fsp3) is 0.542. The van der Waals surface area contributed by atoms with Crippen LogP contribution in [0, 0.1) is 11.8 Å². The quantitative estimate of drug-likeness (QED) is 0.474. The van der Waals surface area contributed by atoms with E-state index in [2.05, 4.69) is 10.6 Å². The summed E-state index contributed by atoms with van der Waals surface area (Å²) in [6, 6.07) is 9.13. The van der Waals surface area contributed by atoms with Gasteiger partial charge in [-0.3, -0.25) is 14.4 Å². The number of nitrogens with one attached hydrogen (secondary N) is 2. The Bertz CT molecular complexity index is 750. The van der Waals surface area contributed by atoms with E-state index in [0.717, 1.165) is 5.56 Å². The second kappa shape index (κ2) is 12.9. The number of allylic oxidation sites excluding steroid dienone is 2. The molecule has 1 aliphatic rings. The van der Waals surface area contributed by atoms with Crippen LogP contribution in [0.5, 0.6) is 0 Å². The molecule has 2 amide bonds. The number of aliphatic hydroxyl groups is 1. The third-order valence-electron chi connectivity index (χ3n) is 5.28. The molecular weight excluding hydrogens is 396 g/mol. The van der Waals surface area contributed by atoms with E-state index in [1.54, 1.807) is 13.8 Å². The van der Waals surface area contributed by atoms with Gasteiger partial charge in [-0.15, -0.1) is 0 Å². The van der Waals surface area contributed by atoms with Crippen LogP contribution in [0.3, 0.4) is 0 Å². The van der Waals surface area contributed by atoms with Gasteiger partial charge in [-0.05, 0) is 45.1 Å². The molecule has 1 aromatic rings. The summed E-state index contributed by atoms with van der Waals surface area (Å²) >= 11 is 0. The molecule has 0 saturated carbocycles. The predicted molar refractivity (Wildman–Crippen MR) is 118 cm³/mol. The lowest BCUT2D eigenvalue weighted by molar-refractivity contribution is -0.150. The van der Waals surface area contributed by atoms with Crippen molar-refractivity contribution in [3.8, 4) is 0 Å². The zero-order chi connectivity index (χ0) is 22.6. The molecule has 1 aliphatic heterocycles. The topological polar surface area (TPSA) is 105 Å². The fourth-order valence-corrected chi connectivity index (χ4v) is 3.49. The Morgan fingerprint density at radius 3 is 2.68 bits per heavy atom. The number of hydrogen-bond acceptors (Lipinski definition) is 5. The molecule has 0 aliphatic carbocycles. The maximum absolute atomic E-state index is 12.7. The number of cyclic esters (lactones) is 1. The molecule has 1 heterocycles. The normalized spacial score (nSPS) is 24.0. The first kappa shape index (κ1) is 24.6. The lowest BCUT2D eigenvalue weighted by atomic mass is 9.94. The molecule has 4 atom stereocenters. The number of aliphatic hydroxyl groups excluding tert-OH is 1. The van der Waals surface area contributed by atoms with E-state index in [1.165, 1.54) is 0 Å². The summed E-state index contributed by atoms with van der Waals surface area (Å²) in [7, 11) is 0. The van der Waals surface area contributed by atoms with Crippen LogP contribution in [-0.4, -0.2) is 48.2 Å². The van der Waals surface area contributed by atoms with Crippen molar-refractivity contribution in [2.75, 3.05) is 13.2 Å². The Hall–Kier alpha value is -2.67. The number of esters is 1. The first-order valence-electron chi connectivity index (χ1n) is 10.9. The van der Waals surface area contributed by atoms with Crippen LogP contribution >= 0.6 is 0 Å². The van der Waals surface area contributed by atoms with Gasteiger partial charge in [0.1, 0.15) is 6.61 Å². The summed E-state index contributed by atoms with van der Waals surface area (Å²) in [4.78, 5) is 37.5. The lowest BCUT2D eigenvalue weighted by Gasteiger charge is -2.21. The minimum Gasteiger partial charge on any atom is -0.463 e. The van der Waals surface area contributed by atoms with Gasteiger partial charge in [0.15, 0.2) is 0 Å². The van der Waals surface area contributed by atoms with Crippen molar-refractivity contribution in [1.82, 2.24) is 10.6 Å². The number of ether oxygens (including phenoxy) is 1. The second-order valence-electron chi connectivity index (χ2n) is 8.26. The molecule has 0 spiro atoms. The van der Waals surface area contributed by atoms with Crippen molar-refractivity contribution >= 4 is 17.8 Å². The van der Waals surface area contributed by atoms with E-state index >= 15 is 0 Å². The molecule has 7 nitrogen and oxygen atoms in total. The Balaban J connectivity index is 2.05. The van der Waals surface area contributed by atoms with Gasteiger partial charge in [0.2, 0.25) is 11.8 Å². The molecule has 0 bridgehead atoms. The molecule has 7 heteroatoms. The minimum absolute atomic E-state index is 0.0314. The van der Waals surface area contributed by atoms with Crippen molar-refractivity contribution in [2.24, 2.45) is 11.8 Å². The van der Waals surface area contributed by atoms with Crippen LogP contribution in [0.4, 0.5) is 0 Å². The van der Waals surface area contributed by atoms with Crippen LogP contribution in [0.1, 0.15) is 45.1 Å². The maximum Gasteiger partial charge on any atom is 0.309 e. The van der Waals surface area contributed by atoms with Crippen molar-refractivity contribution < 1.29 is 24.2 Å². The third-order valence-corrected chi connectivity index (χ3v) is 5.28. The molecule has 0 aromatic heterocycles. The van der Waals surface area contributed by atoms with Gasteiger partial charge in [-0.25, -0.2) is 0 Å². The van der Waals surface area contributed by atoms with Crippen molar-refractivity contribution in [2.45, 2.75) is 58.0 Å². The molecule has 31 heavy (non-hydrogen) atoms. The highest BCUT2D eigenvalue weighted by molar-refractivity contribution is 5.86. The summed E-state index contributed by atoms with van der Waals surface area (Å²) < 4.78 is 5.50. The largest absolute Gasteiger partial charge is 0.463 e. The zero-order valence-electron chi connectivity index (χ0n) is 18.4. The van der Waals surface area contributed by atoms with Gasteiger partial charge >= 0.3 is 5.97 Å². The number of rotatable bonds is 6. The van der Waals surface area contributed by atoms with Crippen molar-refractivity contribution in [3.63, 3.8) is 0 Å². The van der Waals surface area contributed by atoms with E-state index in [9.17, 15) is 14.4 Å². The minimum atomic E-state index is -0.527. The Labute approximate surface area is 184 Å². The van der Waals surface area contributed by atoms with Crippen molar-refractivity contribution in [3.05, 3.63) is 48.0 Å². The highest BCUT2D eigenvalue weighted by Crippen LogP contribution is 2.18. The van der Waals surface area contributed by atoms with Gasteiger partial charge in [-0.2, -0.15) is 0 Å². The SMILES string of the molecule is C[C@@H](CO)NC(=O)C[C@H]1CC=CCC[C@H](Cc2ccccc2)C(=O)OC[C@H](C)NC1=O. The highest BCUT2D eigenvalue weighted by Gasteiger charge is 2.25. The lowest BCUT2D eigenvalue weighted by Crippen LogP contribution is -2.43. The van der Waals surface area contributed by atoms with E-state index in [0.29, 0.717) is 25.7 Å². The van der Waals surface area contributed by atoms with Gasteiger partial charge < -0.3 is 20.5 Å². The standard InChI is InChI=1S/C24H34N2O5/c1-17(15-27)25-22(28)14-20-11-7-4-8-12-21(13-19-9-5-3-6-10-19)24(30)31-16-18(2)26-23(20)29/h3-7,9-10,17-18,20-21,27H,8,11-16H2,1-2H3,(H,25,28)(H,26,29)/t17-,18-,20+,21+/m0/s1. The summed E-state index contributed by atoms with van der Waals surface area (Å²) in [5.41, 5.74) is 1.09. The number of hydrogen-bond donors (Lipinski definition) is 3. The molecule has 0 saturated heterocycles. The van der Waals surface area contributed by atoms with Gasteiger partial charge in [0.05, 0.1) is 24.5 Å². The Morgan fingerprint density at radius 2 is 1.97 bits per heavy atom. The van der Waals surface area contributed by atoms with Gasteiger partial charge in [0, 0.05) is 12.5 Å². The molecule has 170 valence electrons. The monoisotopic (exact) mass is 430 g/mol. The number of carbonyl (C=O) groups excluding carboxylic acids is 3. The summed E-state index contributed by atoms with van der Waals surface area (Å²) in [6.07, 6.45) is 6.27. The summed E-state index contributed by atoms with van der Waals surface area (Å²) in [6.45, 7) is 3.40. The fourth-order valence-electron chi connectivity index (χ4n) is 3.49. The predicted octanol–water partition coefficient (Wildman–Crippen LogP) is 2.14. The Kier molecular flexibility index (Phi) is 10.2. The van der Waals surface area contributed by atoms with E-state index in [1.807, 2.05) is 42.5 Å². The highest BCUT2D eigenvalue weighted by atomic mass is 16.5. The first-order chi connectivity index (χ1) is 14.9. The Morgan fingerprint density at radius 1 is 1.23 bits per heavy atom. The molecule has 2 rings (SSSR count). The average molecular weight is 431 g/mol. The van der Waals surface area contributed by atoms with E-state index in [-0.39, 0.29) is 55.4 Å². The first-order valence-corrected chi connectivity index (χ1v) is 10.9. The second-order valence-corrected chi connectivity index (χ2v) is 8.26. The average Bonchev–Trinajstić information content (AvgIpc) is 2.76. The smallest absolute Gasteiger partial charge is 0.309 e. The molecule has 0 fully saturated rings. The van der Waals surface area contributed by atoms with Crippen LogP contribution in [-0.2, 0) is 25.5 Å². The zero-order valence-corrected chi connectivity index (χ0v) is 18.4.